The molecule has 0 radical (unpaired) electrons. The third kappa shape index (κ3) is 19.0. The molecule has 0 aliphatic heterocycles. The monoisotopic (exact) mass is 776 g/mol. The van der Waals surface area contributed by atoms with Crippen molar-refractivity contribution in [2.75, 3.05) is 13.7 Å². The van der Waals surface area contributed by atoms with Crippen molar-refractivity contribution < 1.29 is 56.4 Å². The van der Waals surface area contributed by atoms with Crippen molar-refractivity contribution in [2.24, 2.45) is 5.41 Å². The molecular formula is C41H58F2N2O10. The highest BCUT2D eigenvalue weighted by Gasteiger charge is 2.35. The van der Waals surface area contributed by atoms with Gasteiger partial charge in [0.05, 0.1) is 26.4 Å². The van der Waals surface area contributed by atoms with Gasteiger partial charge in [0.15, 0.2) is 11.9 Å². The number of esters is 1. The lowest BCUT2D eigenvalue weighted by atomic mass is 9.81. The number of carbonyl (C=O) groups is 5. The molecule has 0 aliphatic rings. The topological polar surface area (TPSA) is 156 Å². The summed E-state index contributed by atoms with van der Waals surface area (Å²) in [4.78, 5) is 64.6. The van der Waals surface area contributed by atoms with Gasteiger partial charge < -0.3 is 34.3 Å². The summed E-state index contributed by atoms with van der Waals surface area (Å²) < 4.78 is 55.7. The highest BCUT2D eigenvalue weighted by molar-refractivity contribution is 5.87. The molecule has 14 heteroatoms. The van der Waals surface area contributed by atoms with Crippen molar-refractivity contribution in [3.63, 3.8) is 0 Å². The molecule has 0 aromatic heterocycles. The zero-order valence-electron chi connectivity index (χ0n) is 33.8. The third-order valence-corrected chi connectivity index (χ3v) is 8.20. The summed E-state index contributed by atoms with van der Waals surface area (Å²) >= 11 is 0. The van der Waals surface area contributed by atoms with Crippen molar-refractivity contribution >= 4 is 29.7 Å². The molecule has 306 valence electrons. The number of hydrogen-bond acceptors (Lipinski definition) is 10. The first-order chi connectivity index (χ1) is 25.4. The molecule has 0 saturated heterocycles. The second-order valence-corrected chi connectivity index (χ2v) is 16.3. The van der Waals surface area contributed by atoms with Crippen LogP contribution in [0.3, 0.4) is 0 Å². The summed E-state index contributed by atoms with van der Waals surface area (Å²) in [5, 5.41) is 5.26. The number of nitrogens with one attached hydrogen (secondary N) is 2. The van der Waals surface area contributed by atoms with Crippen LogP contribution >= 0.6 is 0 Å². The van der Waals surface area contributed by atoms with Crippen LogP contribution < -0.4 is 15.4 Å². The molecule has 0 fully saturated rings. The van der Waals surface area contributed by atoms with Gasteiger partial charge >= 0.3 is 18.2 Å². The average molecular weight is 777 g/mol. The van der Waals surface area contributed by atoms with E-state index in [9.17, 15) is 32.8 Å². The summed E-state index contributed by atoms with van der Waals surface area (Å²) in [6, 6.07) is 8.16. The number of rotatable bonds is 20. The molecule has 2 rings (SSSR count). The fourth-order valence-corrected chi connectivity index (χ4v) is 5.44. The van der Waals surface area contributed by atoms with E-state index >= 15 is 0 Å². The number of Topliss-reactive ketones (excluding diaryl/α,β-unsaturated/α-hetero) is 2. The Kier molecular flexibility index (Phi) is 17.7. The van der Waals surface area contributed by atoms with Gasteiger partial charge in [-0.2, -0.15) is 0 Å². The molecule has 0 bridgehead atoms. The van der Waals surface area contributed by atoms with Gasteiger partial charge in [-0.15, -0.1) is 0 Å². The highest BCUT2D eigenvalue weighted by atomic mass is 19.1. The van der Waals surface area contributed by atoms with E-state index in [0.717, 1.165) is 30.7 Å². The minimum absolute atomic E-state index is 0.000583. The van der Waals surface area contributed by atoms with Gasteiger partial charge in [-0.05, 0) is 108 Å². The Morgan fingerprint density at radius 3 is 1.93 bits per heavy atom. The summed E-state index contributed by atoms with van der Waals surface area (Å²) in [5.41, 5.74) is -1.43. The number of amides is 2. The first kappa shape index (κ1) is 46.6. The largest absolute Gasteiger partial charge is 0.497 e. The Morgan fingerprint density at radius 2 is 1.36 bits per heavy atom. The van der Waals surface area contributed by atoms with Crippen LogP contribution in [0.2, 0.25) is 0 Å². The van der Waals surface area contributed by atoms with Crippen molar-refractivity contribution in [3.8, 4) is 5.75 Å². The van der Waals surface area contributed by atoms with Crippen LogP contribution in [-0.4, -0.2) is 72.8 Å². The smallest absolute Gasteiger partial charge is 0.408 e. The van der Waals surface area contributed by atoms with Crippen LogP contribution in [-0.2, 0) is 46.4 Å². The molecule has 2 amide bonds. The molecule has 3 atom stereocenters. The van der Waals surface area contributed by atoms with Crippen LogP contribution in [0.25, 0.3) is 0 Å². The number of ketones is 2. The zero-order chi connectivity index (χ0) is 41.6. The van der Waals surface area contributed by atoms with Gasteiger partial charge in [0.1, 0.15) is 34.4 Å². The van der Waals surface area contributed by atoms with E-state index in [1.165, 1.54) is 0 Å². The van der Waals surface area contributed by atoms with E-state index < -0.39 is 70.4 Å². The Morgan fingerprint density at radius 1 is 0.782 bits per heavy atom. The lowest BCUT2D eigenvalue weighted by Gasteiger charge is -2.30. The Balaban J connectivity index is 2.13. The van der Waals surface area contributed by atoms with Gasteiger partial charge in [0.2, 0.25) is 0 Å². The van der Waals surface area contributed by atoms with E-state index in [4.69, 9.17) is 23.7 Å². The molecule has 2 aromatic carbocycles. The zero-order valence-corrected chi connectivity index (χ0v) is 33.8. The Labute approximate surface area is 323 Å². The fraction of sp³-hybridized carbons (Fsp3) is 0.585. The van der Waals surface area contributed by atoms with Gasteiger partial charge in [-0.25, -0.2) is 18.4 Å². The second-order valence-electron chi connectivity index (χ2n) is 16.3. The third-order valence-electron chi connectivity index (χ3n) is 8.20. The molecule has 0 saturated carbocycles. The normalized spacial score (nSPS) is 13.5. The Bertz CT molecular complexity index is 1600. The summed E-state index contributed by atoms with van der Waals surface area (Å²) in [6.45, 7) is 14.9. The molecule has 2 N–H and O–H groups in total. The average Bonchev–Trinajstić information content (AvgIpc) is 3.05. The quantitative estimate of drug-likeness (QED) is 0.102. The summed E-state index contributed by atoms with van der Waals surface area (Å²) in [7, 11) is 1.55. The number of hydrogen-bond donors (Lipinski definition) is 2. The predicted octanol–water partition coefficient (Wildman–Crippen LogP) is 7.57. The molecule has 2 aromatic rings. The van der Waals surface area contributed by atoms with Crippen LogP contribution in [0.1, 0.15) is 106 Å². The lowest BCUT2D eigenvalue weighted by molar-refractivity contribution is -0.156. The van der Waals surface area contributed by atoms with Crippen molar-refractivity contribution in [3.05, 3.63) is 65.2 Å². The maximum absolute atomic E-state index is 14.5. The molecule has 0 spiro atoms. The summed E-state index contributed by atoms with van der Waals surface area (Å²) in [6.07, 6.45) is -2.71. The van der Waals surface area contributed by atoms with Crippen LogP contribution in [0.15, 0.2) is 42.5 Å². The highest BCUT2D eigenvalue weighted by Crippen LogP contribution is 2.30. The minimum Gasteiger partial charge on any atom is -0.497 e. The van der Waals surface area contributed by atoms with E-state index in [0.29, 0.717) is 12.2 Å². The van der Waals surface area contributed by atoms with Gasteiger partial charge in [-0.1, -0.05) is 26.0 Å². The van der Waals surface area contributed by atoms with E-state index in [1.54, 1.807) is 72.9 Å². The van der Waals surface area contributed by atoms with Gasteiger partial charge in [0.25, 0.3) is 0 Å². The van der Waals surface area contributed by atoms with Crippen molar-refractivity contribution in [1.29, 1.82) is 0 Å². The second kappa shape index (κ2) is 20.9. The fourth-order valence-electron chi connectivity index (χ4n) is 5.44. The standard InChI is InChI=1S/C41H58F2N2O10/c1-26(46)53-36(34(45-38(50)55-40(5,6)7)25-52-24-27-11-14-32(51-10)15-12-27)35(48)18-20-41(8,9)19-17-31(47)23-30(44-37(49)54-39(2,3)4)22-28-21-29(42)13-16-33(28)43/h11-16,21,30,34,36H,17-20,22-25H2,1-10H3,(H,44,49)(H,45,50)/t30?,34-,36+/m1/s1. The first-order valence-corrected chi connectivity index (χ1v) is 18.3. The number of ether oxygens (including phenoxy) is 5. The van der Waals surface area contributed by atoms with Gasteiger partial charge in [-0.3, -0.25) is 14.4 Å². The number of alkyl carbamates (subject to hydrolysis) is 2. The van der Waals surface area contributed by atoms with Crippen molar-refractivity contribution in [1.82, 2.24) is 10.6 Å². The number of methoxy groups -OCH3 is 1. The Hall–Kier alpha value is -4.59. The molecule has 12 nitrogen and oxygen atoms in total. The minimum atomic E-state index is -1.40. The van der Waals surface area contributed by atoms with E-state index in [1.807, 2.05) is 13.8 Å². The molecular weight excluding hydrogens is 718 g/mol. The maximum Gasteiger partial charge on any atom is 0.408 e. The number of benzene rings is 2. The number of carbonyl (C=O) groups excluding carboxylic acids is 5. The molecule has 55 heavy (non-hydrogen) atoms. The SMILES string of the molecule is COc1ccc(COC[C@@H](NC(=O)OC(C)(C)C)[C@H](OC(C)=O)C(=O)CCC(C)(C)CCC(=O)CC(Cc2cc(F)ccc2F)NC(=O)OC(C)(C)C)cc1. The number of halogens is 2. The van der Waals surface area contributed by atoms with Crippen LogP contribution in [0.5, 0.6) is 5.75 Å². The van der Waals surface area contributed by atoms with Crippen molar-refractivity contribution in [2.45, 2.75) is 137 Å². The van der Waals surface area contributed by atoms with Gasteiger partial charge in [0, 0.05) is 32.2 Å². The molecule has 1 unspecified atom stereocenters. The maximum atomic E-state index is 14.5. The first-order valence-electron chi connectivity index (χ1n) is 18.3. The van der Waals surface area contributed by atoms with Crippen LogP contribution in [0, 0.1) is 17.0 Å². The predicted molar refractivity (Wildman–Crippen MR) is 201 cm³/mol. The summed E-state index contributed by atoms with van der Waals surface area (Å²) in [5.74, 6) is -2.11. The molecule has 0 heterocycles. The van der Waals surface area contributed by atoms with E-state index in [2.05, 4.69) is 10.6 Å². The molecule has 0 aliphatic carbocycles. The lowest BCUT2D eigenvalue weighted by Crippen LogP contribution is -2.52. The van der Waals surface area contributed by atoms with E-state index in [-0.39, 0.29) is 56.7 Å². The van der Waals surface area contributed by atoms with Crippen LogP contribution in [0.4, 0.5) is 18.4 Å².